The molecule has 0 atom stereocenters. The molecule has 18 heavy (non-hydrogen) atoms. The van der Waals surface area contributed by atoms with Crippen LogP contribution in [0, 0.1) is 0 Å². The van der Waals surface area contributed by atoms with Gasteiger partial charge < -0.3 is 10.6 Å². The zero-order valence-electron chi connectivity index (χ0n) is 10.1. The summed E-state index contributed by atoms with van der Waals surface area (Å²) in [6.45, 7) is 1.58. The summed E-state index contributed by atoms with van der Waals surface area (Å²) in [4.78, 5) is 2.36. The number of anilines is 2. The zero-order chi connectivity index (χ0) is 12.5. The molecule has 0 aliphatic carbocycles. The quantitative estimate of drug-likeness (QED) is 0.918. The van der Waals surface area contributed by atoms with Crippen molar-refractivity contribution in [1.29, 1.82) is 0 Å². The number of nitrogens with zero attached hydrogens (tertiary/aromatic N) is 1. The molecule has 3 rings (SSSR count). The van der Waals surface area contributed by atoms with E-state index >= 15 is 0 Å². The van der Waals surface area contributed by atoms with Crippen molar-refractivity contribution >= 4 is 27.3 Å². The second kappa shape index (κ2) is 4.75. The number of halogens is 1. The first-order valence-corrected chi connectivity index (χ1v) is 6.93. The van der Waals surface area contributed by atoms with Crippen LogP contribution in [0.3, 0.4) is 0 Å². The first-order chi connectivity index (χ1) is 8.81. The normalized spacial score (nSPS) is 13.8. The van der Waals surface area contributed by atoms with Gasteiger partial charge in [-0.2, -0.15) is 0 Å². The zero-order valence-corrected chi connectivity index (χ0v) is 11.7. The second-order valence-corrected chi connectivity index (χ2v) is 5.33. The number of benzene rings is 2. The Balaban J connectivity index is 2.10. The van der Waals surface area contributed by atoms with E-state index in [0.717, 1.165) is 17.4 Å². The minimum atomic E-state index is 0.551. The third-order valence-electron chi connectivity index (χ3n) is 3.48. The lowest BCUT2D eigenvalue weighted by Crippen LogP contribution is -2.16. The maximum absolute atomic E-state index is 5.88. The molecular weight excluding hydrogens is 288 g/mol. The lowest BCUT2D eigenvalue weighted by molar-refractivity contribution is 0.968. The van der Waals surface area contributed by atoms with Gasteiger partial charge in [0.25, 0.3) is 0 Å². The van der Waals surface area contributed by atoms with Gasteiger partial charge in [-0.3, -0.25) is 0 Å². The average Bonchev–Trinajstić information content (AvgIpc) is 2.82. The van der Waals surface area contributed by atoms with Crippen molar-refractivity contribution in [3.63, 3.8) is 0 Å². The van der Waals surface area contributed by atoms with E-state index in [1.54, 1.807) is 0 Å². The van der Waals surface area contributed by atoms with Gasteiger partial charge in [0, 0.05) is 34.5 Å². The molecule has 0 saturated carbocycles. The molecule has 0 amide bonds. The summed E-state index contributed by atoms with van der Waals surface area (Å²) in [6, 6.07) is 14.9. The van der Waals surface area contributed by atoms with E-state index in [-0.39, 0.29) is 0 Å². The Kier molecular flexibility index (Phi) is 3.10. The molecular formula is C15H15BrN2. The molecule has 0 fully saturated rings. The van der Waals surface area contributed by atoms with Gasteiger partial charge in [-0.1, -0.05) is 40.2 Å². The summed E-state index contributed by atoms with van der Waals surface area (Å²) < 4.78 is 1.09. The van der Waals surface area contributed by atoms with Crippen molar-refractivity contribution < 1.29 is 0 Å². The first kappa shape index (κ1) is 11.8. The highest BCUT2D eigenvalue weighted by Gasteiger charge is 2.22. The van der Waals surface area contributed by atoms with Crippen LogP contribution >= 0.6 is 15.9 Å². The Morgan fingerprint density at radius 3 is 2.67 bits per heavy atom. The standard InChI is InChI=1S/C15H15BrN2/c16-13-5-3-7-15(12(13)10-17)18-9-8-11-4-1-2-6-14(11)18/h1-7H,8-10,17H2. The average molecular weight is 303 g/mol. The SMILES string of the molecule is NCc1c(Br)cccc1N1CCc2ccccc21. The van der Waals surface area contributed by atoms with Gasteiger partial charge >= 0.3 is 0 Å². The van der Waals surface area contributed by atoms with E-state index in [1.807, 2.05) is 6.07 Å². The van der Waals surface area contributed by atoms with Gasteiger partial charge in [0.1, 0.15) is 0 Å². The van der Waals surface area contributed by atoms with Crippen LogP contribution in [0.2, 0.25) is 0 Å². The number of para-hydroxylation sites is 1. The minimum absolute atomic E-state index is 0.551. The predicted molar refractivity (Wildman–Crippen MR) is 79.2 cm³/mol. The Morgan fingerprint density at radius 1 is 1.06 bits per heavy atom. The lowest BCUT2D eigenvalue weighted by Gasteiger charge is -2.23. The third kappa shape index (κ3) is 1.84. The molecule has 2 nitrogen and oxygen atoms in total. The summed E-state index contributed by atoms with van der Waals surface area (Å²) in [7, 11) is 0. The Morgan fingerprint density at radius 2 is 1.83 bits per heavy atom. The molecule has 2 aromatic carbocycles. The van der Waals surface area contributed by atoms with Crippen LogP contribution in [0.5, 0.6) is 0 Å². The summed E-state index contributed by atoms with van der Waals surface area (Å²) >= 11 is 3.59. The van der Waals surface area contributed by atoms with Gasteiger partial charge in [0.15, 0.2) is 0 Å². The highest BCUT2D eigenvalue weighted by atomic mass is 79.9. The van der Waals surface area contributed by atoms with Crippen molar-refractivity contribution in [2.24, 2.45) is 5.73 Å². The van der Waals surface area contributed by atoms with Gasteiger partial charge in [-0.15, -0.1) is 0 Å². The van der Waals surface area contributed by atoms with E-state index in [1.165, 1.54) is 22.5 Å². The monoisotopic (exact) mass is 302 g/mol. The topological polar surface area (TPSA) is 29.3 Å². The fourth-order valence-electron chi connectivity index (χ4n) is 2.59. The number of fused-ring (bicyclic) bond motifs is 1. The minimum Gasteiger partial charge on any atom is -0.341 e. The van der Waals surface area contributed by atoms with Gasteiger partial charge in [-0.25, -0.2) is 0 Å². The van der Waals surface area contributed by atoms with Crippen molar-refractivity contribution in [1.82, 2.24) is 0 Å². The van der Waals surface area contributed by atoms with Crippen LogP contribution in [0.1, 0.15) is 11.1 Å². The van der Waals surface area contributed by atoms with E-state index in [4.69, 9.17) is 5.73 Å². The molecule has 0 bridgehead atoms. The van der Waals surface area contributed by atoms with Crippen molar-refractivity contribution in [2.75, 3.05) is 11.4 Å². The van der Waals surface area contributed by atoms with Crippen molar-refractivity contribution in [3.05, 3.63) is 58.1 Å². The van der Waals surface area contributed by atoms with E-state index in [0.29, 0.717) is 6.54 Å². The van der Waals surface area contributed by atoms with Crippen molar-refractivity contribution in [3.8, 4) is 0 Å². The largest absolute Gasteiger partial charge is 0.341 e. The highest BCUT2D eigenvalue weighted by Crippen LogP contribution is 2.37. The molecule has 0 unspecified atom stereocenters. The Hall–Kier alpha value is -1.32. The summed E-state index contributed by atoms with van der Waals surface area (Å²) in [5.41, 5.74) is 11.0. The fourth-order valence-corrected chi connectivity index (χ4v) is 3.11. The molecule has 2 aromatic rings. The first-order valence-electron chi connectivity index (χ1n) is 6.14. The maximum Gasteiger partial charge on any atom is 0.0467 e. The summed E-state index contributed by atoms with van der Waals surface area (Å²) in [5, 5.41) is 0. The fraction of sp³-hybridized carbons (Fsp3) is 0.200. The van der Waals surface area contributed by atoms with Crippen LogP contribution in [-0.4, -0.2) is 6.54 Å². The van der Waals surface area contributed by atoms with Crippen LogP contribution in [0.15, 0.2) is 46.9 Å². The van der Waals surface area contributed by atoms with Gasteiger partial charge in [0.2, 0.25) is 0 Å². The van der Waals surface area contributed by atoms with Crippen molar-refractivity contribution in [2.45, 2.75) is 13.0 Å². The summed E-state index contributed by atoms with van der Waals surface area (Å²) in [6.07, 6.45) is 1.10. The molecule has 1 aliphatic heterocycles. The predicted octanol–water partition coefficient (Wildman–Crippen LogP) is 3.60. The van der Waals surface area contributed by atoms with Crippen LogP contribution in [0.25, 0.3) is 0 Å². The lowest BCUT2D eigenvalue weighted by atomic mass is 10.1. The smallest absolute Gasteiger partial charge is 0.0467 e. The number of nitrogens with two attached hydrogens (primary N) is 1. The van der Waals surface area contributed by atoms with E-state index in [9.17, 15) is 0 Å². The molecule has 0 aromatic heterocycles. The molecule has 0 radical (unpaired) electrons. The maximum atomic E-state index is 5.88. The number of rotatable bonds is 2. The molecule has 2 N–H and O–H groups in total. The van der Waals surface area contributed by atoms with Crippen LogP contribution in [-0.2, 0) is 13.0 Å². The van der Waals surface area contributed by atoms with Gasteiger partial charge in [0.05, 0.1) is 0 Å². The molecule has 92 valence electrons. The molecule has 1 aliphatic rings. The molecule has 0 spiro atoms. The van der Waals surface area contributed by atoms with Gasteiger partial charge in [-0.05, 0) is 30.2 Å². The highest BCUT2D eigenvalue weighted by molar-refractivity contribution is 9.10. The Labute approximate surface area is 116 Å². The number of hydrogen-bond donors (Lipinski definition) is 1. The van der Waals surface area contributed by atoms with Crippen LogP contribution in [0.4, 0.5) is 11.4 Å². The third-order valence-corrected chi connectivity index (χ3v) is 4.22. The van der Waals surface area contributed by atoms with E-state index in [2.05, 4.69) is 57.2 Å². The molecule has 1 heterocycles. The van der Waals surface area contributed by atoms with Crippen LogP contribution < -0.4 is 10.6 Å². The summed E-state index contributed by atoms with van der Waals surface area (Å²) in [5.74, 6) is 0. The number of hydrogen-bond acceptors (Lipinski definition) is 2. The molecule has 3 heteroatoms. The Bertz CT molecular complexity index is 580. The van der Waals surface area contributed by atoms with E-state index < -0.39 is 0 Å². The molecule has 0 saturated heterocycles. The second-order valence-electron chi connectivity index (χ2n) is 4.47.